The molecule has 2 aromatic carbocycles. The standard InChI is InChI=1S/C26H31N5O/c1-19-25(29-31(28-19)24-10-6-3-7-11-24)26(32)27-22-13-12-20-14-16-30(17-15-21(20)18-22)23-8-4-2-5-9-23/h3,6-7,10-13,18,23H,2,4-5,8-9,14-17H2,1H3,(H,27,32). The van der Waals surface area contributed by atoms with Gasteiger partial charge in [0, 0.05) is 24.8 Å². The van der Waals surface area contributed by atoms with E-state index in [2.05, 4.69) is 32.5 Å². The molecule has 32 heavy (non-hydrogen) atoms. The van der Waals surface area contributed by atoms with Gasteiger partial charge in [0.1, 0.15) is 0 Å². The Kier molecular flexibility index (Phi) is 6.04. The Hall–Kier alpha value is -2.99. The summed E-state index contributed by atoms with van der Waals surface area (Å²) in [6, 6.07) is 16.8. The Balaban J connectivity index is 1.28. The highest BCUT2D eigenvalue weighted by atomic mass is 16.2. The van der Waals surface area contributed by atoms with Crippen LogP contribution >= 0.6 is 0 Å². The highest BCUT2D eigenvalue weighted by molar-refractivity contribution is 6.03. The number of nitrogens with zero attached hydrogens (tertiary/aromatic N) is 4. The fourth-order valence-corrected chi connectivity index (χ4v) is 5.09. The zero-order valence-electron chi connectivity index (χ0n) is 18.8. The lowest BCUT2D eigenvalue weighted by Gasteiger charge is -2.33. The SMILES string of the molecule is Cc1nn(-c2ccccc2)nc1C(=O)Nc1ccc2c(c1)CCN(C1CCCCC1)CC2. The van der Waals surface area contributed by atoms with Gasteiger partial charge in [-0.1, -0.05) is 43.5 Å². The molecule has 1 saturated carbocycles. The van der Waals surface area contributed by atoms with E-state index in [4.69, 9.17) is 0 Å². The number of carbonyl (C=O) groups is 1. The van der Waals surface area contributed by atoms with E-state index >= 15 is 0 Å². The lowest BCUT2D eigenvalue weighted by molar-refractivity contribution is 0.102. The van der Waals surface area contributed by atoms with Gasteiger partial charge in [-0.3, -0.25) is 9.69 Å². The van der Waals surface area contributed by atoms with Crippen molar-refractivity contribution in [3.05, 3.63) is 71.0 Å². The van der Waals surface area contributed by atoms with Crippen LogP contribution in [0.4, 0.5) is 5.69 Å². The summed E-state index contributed by atoms with van der Waals surface area (Å²) >= 11 is 0. The zero-order valence-corrected chi connectivity index (χ0v) is 18.8. The fourth-order valence-electron chi connectivity index (χ4n) is 5.09. The van der Waals surface area contributed by atoms with Crippen LogP contribution in [0, 0.1) is 6.92 Å². The third-order valence-corrected chi connectivity index (χ3v) is 6.88. The van der Waals surface area contributed by atoms with Crippen molar-refractivity contribution in [1.29, 1.82) is 0 Å². The topological polar surface area (TPSA) is 63.1 Å². The van der Waals surface area contributed by atoms with Gasteiger partial charge < -0.3 is 5.32 Å². The first kappa shape index (κ1) is 20.9. The van der Waals surface area contributed by atoms with Crippen molar-refractivity contribution >= 4 is 11.6 Å². The highest BCUT2D eigenvalue weighted by Gasteiger charge is 2.24. The average Bonchev–Trinajstić information content (AvgIpc) is 3.10. The van der Waals surface area contributed by atoms with Gasteiger partial charge >= 0.3 is 0 Å². The Morgan fingerprint density at radius 3 is 2.47 bits per heavy atom. The monoisotopic (exact) mass is 429 g/mol. The summed E-state index contributed by atoms with van der Waals surface area (Å²) in [6.45, 7) is 4.07. The number of para-hydroxylation sites is 1. The molecular formula is C26H31N5O. The van der Waals surface area contributed by atoms with E-state index < -0.39 is 0 Å². The lowest BCUT2D eigenvalue weighted by Crippen LogP contribution is -2.38. The molecule has 0 saturated heterocycles. The molecule has 2 heterocycles. The second-order valence-corrected chi connectivity index (χ2v) is 9.02. The van der Waals surface area contributed by atoms with Gasteiger partial charge in [0.25, 0.3) is 5.91 Å². The van der Waals surface area contributed by atoms with E-state index in [1.54, 1.807) is 0 Å². The molecule has 1 fully saturated rings. The molecule has 1 N–H and O–H groups in total. The summed E-state index contributed by atoms with van der Waals surface area (Å²) in [5.41, 5.74) is 5.39. The van der Waals surface area contributed by atoms with Gasteiger partial charge in [-0.05, 0) is 68.0 Å². The van der Waals surface area contributed by atoms with Crippen LogP contribution < -0.4 is 5.32 Å². The highest BCUT2D eigenvalue weighted by Crippen LogP contribution is 2.27. The maximum atomic E-state index is 12.9. The zero-order chi connectivity index (χ0) is 21.9. The van der Waals surface area contributed by atoms with Gasteiger partial charge in [0.2, 0.25) is 0 Å². The maximum absolute atomic E-state index is 12.9. The van der Waals surface area contributed by atoms with Crippen molar-refractivity contribution in [1.82, 2.24) is 19.9 Å². The molecule has 5 rings (SSSR count). The molecule has 6 heteroatoms. The quantitative estimate of drug-likeness (QED) is 0.660. The first-order chi connectivity index (χ1) is 15.7. The minimum absolute atomic E-state index is 0.220. The summed E-state index contributed by atoms with van der Waals surface area (Å²) < 4.78 is 0. The molecule has 3 aromatic rings. The number of rotatable bonds is 4. The normalized spacial score (nSPS) is 17.5. The van der Waals surface area contributed by atoms with E-state index in [1.807, 2.05) is 43.3 Å². The number of anilines is 1. The smallest absolute Gasteiger partial charge is 0.278 e. The predicted octanol–water partition coefficient (Wildman–Crippen LogP) is 4.56. The van der Waals surface area contributed by atoms with Gasteiger partial charge in [0.05, 0.1) is 11.4 Å². The second kappa shape index (κ2) is 9.25. The van der Waals surface area contributed by atoms with Crippen LogP contribution in [0.25, 0.3) is 5.69 Å². The van der Waals surface area contributed by atoms with E-state index in [-0.39, 0.29) is 5.91 Å². The molecular weight excluding hydrogens is 398 g/mol. The van der Waals surface area contributed by atoms with Crippen LogP contribution in [0.2, 0.25) is 0 Å². The number of hydrogen-bond acceptors (Lipinski definition) is 4. The van der Waals surface area contributed by atoms with Gasteiger partial charge in [-0.25, -0.2) is 0 Å². The minimum Gasteiger partial charge on any atom is -0.321 e. The van der Waals surface area contributed by atoms with Crippen molar-refractivity contribution in [3.8, 4) is 5.69 Å². The molecule has 0 spiro atoms. The maximum Gasteiger partial charge on any atom is 0.278 e. The molecule has 1 aliphatic heterocycles. The molecule has 0 atom stereocenters. The number of aryl methyl sites for hydroxylation is 1. The Morgan fingerprint density at radius 2 is 1.69 bits per heavy atom. The second-order valence-electron chi connectivity index (χ2n) is 9.02. The number of amides is 1. The van der Waals surface area contributed by atoms with E-state index in [0.717, 1.165) is 43.3 Å². The summed E-state index contributed by atoms with van der Waals surface area (Å²) in [5, 5.41) is 11.9. The van der Waals surface area contributed by atoms with Gasteiger partial charge in [-0.15, -0.1) is 5.10 Å². The summed E-state index contributed by atoms with van der Waals surface area (Å²) in [7, 11) is 0. The summed E-state index contributed by atoms with van der Waals surface area (Å²) in [5.74, 6) is -0.220. The van der Waals surface area contributed by atoms with E-state index in [1.165, 1.54) is 48.0 Å². The Labute approximate surface area is 189 Å². The van der Waals surface area contributed by atoms with Crippen LogP contribution in [0.3, 0.4) is 0 Å². The number of carbonyl (C=O) groups excluding carboxylic acids is 1. The van der Waals surface area contributed by atoms with Crippen molar-refractivity contribution in [3.63, 3.8) is 0 Å². The molecule has 1 aliphatic carbocycles. The number of fused-ring (bicyclic) bond motifs is 1. The minimum atomic E-state index is -0.220. The average molecular weight is 430 g/mol. The third kappa shape index (κ3) is 4.46. The molecule has 6 nitrogen and oxygen atoms in total. The summed E-state index contributed by atoms with van der Waals surface area (Å²) in [4.78, 5) is 17.2. The molecule has 0 radical (unpaired) electrons. The van der Waals surface area contributed by atoms with Crippen LogP contribution in [0.5, 0.6) is 0 Å². The van der Waals surface area contributed by atoms with Gasteiger partial charge in [0.15, 0.2) is 5.69 Å². The number of benzene rings is 2. The molecule has 0 bridgehead atoms. The first-order valence-corrected chi connectivity index (χ1v) is 11.8. The van der Waals surface area contributed by atoms with Crippen LogP contribution in [0.1, 0.15) is 59.4 Å². The van der Waals surface area contributed by atoms with Crippen LogP contribution in [-0.2, 0) is 12.8 Å². The van der Waals surface area contributed by atoms with Crippen molar-refractivity contribution in [2.24, 2.45) is 0 Å². The Morgan fingerprint density at radius 1 is 0.938 bits per heavy atom. The van der Waals surface area contributed by atoms with Gasteiger partial charge in [-0.2, -0.15) is 9.90 Å². The number of aromatic nitrogens is 3. The van der Waals surface area contributed by atoms with Crippen molar-refractivity contribution < 1.29 is 4.79 Å². The predicted molar refractivity (Wildman–Crippen MR) is 126 cm³/mol. The molecule has 1 amide bonds. The molecule has 1 aromatic heterocycles. The first-order valence-electron chi connectivity index (χ1n) is 11.8. The largest absolute Gasteiger partial charge is 0.321 e. The fraction of sp³-hybridized carbons (Fsp3) is 0.423. The molecule has 0 unspecified atom stereocenters. The van der Waals surface area contributed by atoms with Crippen LogP contribution in [-0.4, -0.2) is 44.9 Å². The van der Waals surface area contributed by atoms with Crippen molar-refractivity contribution in [2.45, 2.75) is 57.9 Å². The molecule has 2 aliphatic rings. The lowest BCUT2D eigenvalue weighted by atomic mass is 9.94. The Bertz CT molecular complexity index is 1080. The molecule has 166 valence electrons. The van der Waals surface area contributed by atoms with E-state index in [0.29, 0.717) is 11.4 Å². The third-order valence-electron chi connectivity index (χ3n) is 6.88. The van der Waals surface area contributed by atoms with Crippen LogP contribution in [0.15, 0.2) is 48.5 Å². The summed E-state index contributed by atoms with van der Waals surface area (Å²) in [6.07, 6.45) is 8.97. The number of nitrogens with one attached hydrogen (secondary N) is 1. The van der Waals surface area contributed by atoms with Crippen molar-refractivity contribution in [2.75, 3.05) is 18.4 Å². The number of hydrogen-bond donors (Lipinski definition) is 1. The van der Waals surface area contributed by atoms with E-state index in [9.17, 15) is 4.79 Å².